The molecule has 94 valence electrons. The predicted octanol–water partition coefficient (Wildman–Crippen LogP) is 2.53. The molecule has 0 bridgehead atoms. The Morgan fingerprint density at radius 3 is 2.72 bits per heavy atom. The molecule has 0 amide bonds. The summed E-state index contributed by atoms with van der Waals surface area (Å²) in [6, 6.07) is 7.29. The second kappa shape index (κ2) is 5.97. The fraction of sp³-hybridized carbons (Fsp3) is 0.154. The molecular weight excluding hydrogens is 235 g/mol. The number of aromatic nitrogens is 1. The maximum absolute atomic E-state index is 12.3. The molecule has 0 radical (unpaired) electrons. The minimum Gasteiger partial charge on any atom is -0.489 e. The van der Waals surface area contributed by atoms with Gasteiger partial charge in [0.05, 0.1) is 6.33 Å². The molecule has 0 aliphatic rings. The van der Waals surface area contributed by atoms with E-state index < -0.39 is 0 Å². The minimum atomic E-state index is 0.146. The van der Waals surface area contributed by atoms with Gasteiger partial charge in [-0.2, -0.15) is 0 Å². The molecule has 0 spiro atoms. The van der Waals surface area contributed by atoms with Crippen molar-refractivity contribution in [2.75, 3.05) is 13.2 Å². The average molecular weight is 248 g/mol. The van der Waals surface area contributed by atoms with Gasteiger partial charge in [-0.25, -0.2) is 9.37 Å². The second-order valence-corrected chi connectivity index (χ2v) is 3.66. The molecule has 2 aromatic rings. The fourth-order valence-electron chi connectivity index (χ4n) is 1.39. The number of hydrogen-bond donors (Lipinski definition) is 1. The van der Waals surface area contributed by atoms with Crippen molar-refractivity contribution in [2.24, 2.45) is 5.73 Å². The van der Waals surface area contributed by atoms with Crippen LogP contribution in [-0.2, 0) is 0 Å². The largest absolute Gasteiger partial charge is 0.489 e. The Labute approximate surface area is 104 Å². The van der Waals surface area contributed by atoms with E-state index in [1.807, 2.05) is 12.1 Å². The zero-order valence-corrected chi connectivity index (χ0v) is 9.67. The maximum atomic E-state index is 12.3. The van der Waals surface area contributed by atoms with E-state index in [-0.39, 0.29) is 13.2 Å². The van der Waals surface area contributed by atoms with Crippen LogP contribution >= 0.6 is 0 Å². The molecule has 18 heavy (non-hydrogen) atoms. The highest BCUT2D eigenvalue weighted by molar-refractivity contribution is 5.58. The molecule has 0 saturated carbocycles. The van der Waals surface area contributed by atoms with Crippen molar-refractivity contribution in [3.63, 3.8) is 0 Å². The first-order valence-electron chi connectivity index (χ1n) is 5.43. The van der Waals surface area contributed by atoms with Gasteiger partial charge in [-0.05, 0) is 24.3 Å². The van der Waals surface area contributed by atoms with Crippen molar-refractivity contribution in [3.05, 3.63) is 48.8 Å². The van der Waals surface area contributed by atoms with Crippen LogP contribution in [0, 0.1) is 0 Å². The summed E-state index contributed by atoms with van der Waals surface area (Å²) in [5.74, 6) is 0.648. The van der Waals surface area contributed by atoms with Crippen molar-refractivity contribution >= 4 is 0 Å². The van der Waals surface area contributed by atoms with E-state index >= 15 is 0 Å². The van der Waals surface area contributed by atoms with Gasteiger partial charge in [0.2, 0.25) is 0 Å². The molecule has 0 unspecified atom stereocenters. The first kappa shape index (κ1) is 12.3. The zero-order valence-electron chi connectivity index (χ0n) is 9.67. The Balaban J connectivity index is 2.00. The van der Waals surface area contributed by atoms with Crippen LogP contribution in [0.4, 0.5) is 4.39 Å². The average Bonchev–Trinajstić information content (AvgIpc) is 2.94. The lowest BCUT2D eigenvalue weighted by molar-refractivity contribution is 0.347. The number of hydrogen-bond acceptors (Lipinski definition) is 4. The quantitative estimate of drug-likeness (QED) is 0.883. The molecule has 1 heterocycles. The smallest absolute Gasteiger partial charge is 0.181 e. The first-order chi connectivity index (χ1) is 8.83. The van der Waals surface area contributed by atoms with Gasteiger partial charge in [0, 0.05) is 17.7 Å². The van der Waals surface area contributed by atoms with E-state index in [4.69, 9.17) is 14.9 Å². The Morgan fingerprint density at radius 1 is 1.39 bits per heavy atom. The topological polar surface area (TPSA) is 61.3 Å². The van der Waals surface area contributed by atoms with E-state index in [2.05, 4.69) is 4.98 Å². The van der Waals surface area contributed by atoms with Gasteiger partial charge in [-0.15, -0.1) is 0 Å². The predicted molar refractivity (Wildman–Crippen MR) is 65.7 cm³/mol. The fourth-order valence-corrected chi connectivity index (χ4v) is 1.39. The molecule has 0 fully saturated rings. The van der Waals surface area contributed by atoms with Crippen molar-refractivity contribution in [1.82, 2.24) is 4.98 Å². The third-order valence-corrected chi connectivity index (χ3v) is 2.42. The molecule has 5 heteroatoms. The second-order valence-electron chi connectivity index (χ2n) is 3.66. The van der Waals surface area contributed by atoms with Crippen LogP contribution in [0.5, 0.6) is 5.75 Å². The molecule has 0 atom stereocenters. The standard InChI is InChI=1S/C13H13FN2O2/c14-5-10(6-15)7-18-12-3-1-11(2-4-12)13-8-17-9-16-13/h1-5,8-9H,6-7,15H2/b10-5-. The third-order valence-electron chi connectivity index (χ3n) is 2.42. The number of rotatable bonds is 5. The summed E-state index contributed by atoms with van der Waals surface area (Å²) < 4.78 is 22.6. The van der Waals surface area contributed by atoms with Crippen LogP contribution in [0.3, 0.4) is 0 Å². The van der Waals surface area contributed by atoms with Crippen LogP contribution in [0.2, 0.25) is 0 Å². The minimum absolute atomic E-state index is 0.146. The van der Waals surface area contributed by atoms with Crippen molar-refractivity contribution < 1.29 is 13.5 Å². The van der Waals surface area contributed by atoms with E-state index in [0.717, 1.165) is 11.3 Å². The number of ether oxygens (including phenoxy) is 1. The van der Waals surface area contributed by atoms with E-state index in [1.54, 1.807) is 18.4 Å². The van der Waals surface area contributed by atoms with E-state index in [9.17, 15) is 4.39 Å². The molecule has 0 aliphatic carbocycles. The lowest BCUT2D eigenvalue weighted by atomic mass is 10.2. The van der Waals surface area contributed by atoms with Crippen LogP contribution in [0.15, 0.2) is 53.2 Å². The summed E-state index contributed by atoms with van der Waals surface area (Å²) in [7, 11) is 0. The summed E-state index contributed by atoms with van der Waals surface area (Å²) in [5.41, 5.74) is 7.43. The molecule has 2 rings (SSSR count). The number of halogens is 1. The molecule has 1 aromatic carbocycles. The van der Waals surface area contributed by atoms with E-state index in [1.165, 1.54) is 6.39 Å². The third kappa shape index (κ3) is 2.95. The normalized spacial score (nSPS) is 11.6. The van der Waals surface area contributed by atoms with Gasteiger partial charge in [0.25, 0.3) is 0 Å². The molecule has 1 aromatic heterocycles. The van der Waals surface area contributed by atoms with Crippen LogP contribution < -0.4 is 10.5 Å². The number of nitrogens with zero attached hydrogens (tertiary/aromatic N) is 1. The van der Waals surface area contributed by atoms with Crippen LogP contribution in [0.1, 0.15) is 0 Å². The zero-order chi connectivity index (χ0) is 12.8. The van der Waals surface area contributed by atoms with E-state index in [0.29, 0.717) is 17.7 Å². The Kier molecular flexibility index (Phi) is 4.09. The summed E-state index contributed by atoms with van der Waals surface area (Å²) >= 11 is 0. The first-order valence-corrected chi connectivity index (χ1v) is 5.43. The number of benzene rings is 1. The van der Waals surface area contributed by atoms with Gasteiger partial charge in [-0.3, -0.25) is 0 Å². The SMILES string of the molecule is NC/C(=C/F)COc1ccc(-c2cocn2)cc1. The monoisotopic (exact) mass is 248 g/mol. The molecular formula is C13H13FN2O2. The summed E-state index contributed by atoms with van der Waals surface area (Å²) in [6.07, 6.45) is 3.41. The highest BCUT2D eigenvalue weighted by Crippen LogP contribution is 2.20. The summed E-state index contributed by atoms with van der Waals surface area (Å²) in [4.78, 5) is 4.03. The lowest BCUT2D eigenvalue weighted by Gasteiger charge is -2.07. The van der Waals surface area contributed by atoms with Gasteiger partial charge in [0.1, 0.15) is 24.3 Å². The van der Waals surface area contributed by atoms with Gasteiger partial charge in [-0.1, -0.05) is 0 Å². The molecule has 2 N–H and O–H groups in total. The van der Waals surface area contributed by atoms with Crippen molar-refractivity contribution in [2.45, 2.75) is 0 Å². The van der Waals surface area contributed by atoms with Crippen LogP contribution in [-0.4, -0.2) is 18.1 Å². The van der Waals surface area contributed by atoms with Crippen LogP contribution in [0.25, 0.3) is 11.3 Å². The Bertz CT molecular complexity index is 506. The summed E-state index contributed by atoms with van der Waals surface area (Å²) in [5, 5.41) is 0. The molecule has 0 aliphatic heterocycles. The highest BCUT2D eigenvalue weighted by atomic mass is 19.1. The highest BCUT2D eigenvalue weighted by Gasteiger charge is 2.02. The van der Waals surface area contributed by atoms with Gasteiger partial charge in [0.15, 0.2) is 6.39 Å². The van der Waals surface area contributed by atoms with Crippen molar-refractivity contribution in [1.29, 1.82) is 0 Å². The molecule has 0 saturated heterocycles. The molecule has 4 nitrogen and oxygen atoms in total. The lowest BCUT2D eigenvalue weighted by Crippen LogP contribution is -2.10. The van der Waals surface area contributed by atoms with Gasteiger partial charge < -0.3 is 14.9 Å². The van der Waals surface area contributed by atoms with Gasteiger partial charge >= 0.3 is 0 Å². The van der Waals surface area contributed by atoms with Crippen molar-refractivity contribution in [3.8, 4) is 17.0 Å². The maximum Gasteiger partial charge on any atom is 0.181 e. The number of nitrogens with two attached hydrogens (primary N) is 1. The Hall–Kier alpha value is -2.14. The summed E-state index contributed by atoms with van der Waals surface area (Å²) in [6.45, 7) is 0.295. The Morgan fingerprint density at radius 2 is 2.17 bits per heavy atom. The number of oxazole rings is 1.